The Morgan fingerprint density at radius 2 is 2.00 bits per heavy atom. The highest BCUT2D eigenvalue weighted by Crippen LogP contribution is 2.08. The maximum absolute atomic E-state index is 11.3. The Balaban J connectivity index is 4.16. The second kappa shape index (κ2) is 10.3. The van der Waals surface area contributed by atoms with E-state index in [2.05, 4.69) is 25.7 Å². The molecule has 0 fully saturated rings. The summed E-state index contributed by atoms with van der Waals surface area (Å²) in [6.45, 7) is 10.1. The van der Waals surface area contributed by atoms with Crippen LogP contribution in [-0.2, 0) is 9.53 Å². The fourth-order valence-corrected chi connectivity index (χ4v) is 1.86. The summed E-state index contributed by atoms with van der Waals surface area (Å²) >= 11 is 0. The van der Waals surface area contributed by atoms with E-state index in [1.165, 1.54) is 0 Å². The quantitative estimate of drug-likeness (QED) is 0.611. The summed E-state index contributed by atoms with van der Waals surface area (Å²) in [4.78, 5) is 13.5. The Hall–Kier alpha value is -0.610. The fourth-order valence-electron chi connectivity index (χ4n) is 1.86. The number of ether oxygens (including phenoxy) is 1. The average molecular weight is 259 g/mol. The van der Waals surface area contributed by atoms with E-state index in [0.717, 1.165) is 25.8 Å². The van der Waals surface area contributed by atoms with Gasteiger partial charge >= 0.3 is 5.97 Å². The molecule has 0 saturated heterocycles. The van der Waals surface area contributed by atoms with Gasteiger partial charge in [-0.1, -0.05) is 20.3 Å². The largest absolute Gasteiger partial charge is 0.466 e. The number of unbranched alkanes of at least 4 members (excludes halogenated alkanes) is 1. The minimum Gasteiger partial charge on any atom is -0.466 e. The van der Waals surface area contributed by atoms with Crippen LogP contribution in [0.5, 0.6) is 0 Å². The molecule has 2 unspecified atom stereocenters. The lowest BCUT2D eigenvalue weighted by Gasteiger charge is -2.30. The van der Waals surface area contributed by atoms with Gasteiger partial charge in [0, 0.05) is 12.6 Å². The predicted molar refractivity (Wildman–Crippen MR) is 73.5 cm³/mol. The number of aliphatic hydroxyl groups excluding tert-OH is 1. The summed E-state index contributed by atoms with van der Waals surface area (Å²) in [6.07, 6.45) is 2.77. The summed E-state index contributed by atoms with van der Waals surface area (Å²) in [6, 6.07) is 0.438. The molecular weight excluding hydrogens is 230 g/mol. The van der Waals surface area contributed by atoms with Gasteiger partial charge in [-0.25, -0.2) is 0 Å². The van der Waals surface area contributed by atoms with Gasteiger partial charge in [0.15, 0.2) is 0 Å². The topological polar surface area (TPSA) is 49.8 Å². The van der Waals surface area contributed by atoms with Gasteiger partial charge in [0.05, 0.1) is 19.1 Å². The van der Waals surface area contributed by atoms with Gasteiger partial charge in [0.2, 0.25) is 0 Å². The van der Waals surface area contributed by atoms with Gasteiger partial charge < -0.3 is 9.84 Å². The maximum atomic E-state index is 11.3. The van der Waals surface area contributed by atoms with Gasteiger partial charge in [-0.2, -0.15) is 0 Å². The molecule has 2 atom stereocenters. The minimum atomic E-state index is -0.630. The molecule has 4 nitrogen and oxygen atoms in total. The minimum absolute atomic E-state index is 0.0902. The van der Waals surface area contributed by atoms with Crippen LogP contribution in [0.3, 0.4) is 0 Å². The molecule has 0 spiro atoms. The zero-order valence-electron chi connectivity index (χ0n) is 12.3. The van der Waals surface area contributed by atoms with Crippen molar-refractivity contribution in [1.29, 1.82) is 0 Å². The van der Waals surface area contributed by atoms with E-state index in [-0.39, 0.29) is 12.4 Å². The number of hydrogen-bond acceptors (Lipinski definition) is 4. The Morgan fingerprint density at radius 1 is 1.33 bits per heavy atom. The number of hydrogen-bond donors (Lipinski definition) is 1. The number of carbonyl (C=O) groups is 1. The van der Waals surface area contributed by atoms with Crippen molar-refractivity contribution in [3.05, 3.63) is 0 Å². The molecule has 0 saturated carbocycles. The van der Waals surface area contributed by atoms with E-state index >= 15 is 0 Å². The van der Waals surface area contributed by atoms with Crippen molar-refractivity contribution in [2.75, 3.05) is 19.7 Å². The second-order valence-corrected chi connectivity index (χ2v) is 4.77. The van der Waals surface area contributed by atoms with Gasteiger partial charge in [0.1, 0.15) is 0 Å². The molecule has 0 aliphatic rings. The summed E-state index contributed by atoms with van der Waals surface area (Å²) in [5.41, 5.74) is 0. The first-order valence-corrected chi connectivity index (χ1v) is 7.12. The first-order chi connectivity index (χ1) is 8.54. The van der Waals surface area contributed by atoms with Crippen LogP contribution in [0.2, 0.25) is 0 Å². The third-order valence-electron chi connectivity index (χ3n) is 3.17. The molecule has 0 aliphatic heterocycles. The van der Waals surface area contributed by atoms with E-state index in [0.29, 0.717) is 19.2 Å². The zero-order valence-corrected chi connectivity index (χ0v) is 12.3. The molecule has 0 aromatic rings. The number of nitrogens with zero attached hydrogens (tertiary/aromatic N) is 1. The third-order valence-corrected chi connectivity index (χ3v) is 3.17. The molecule has 18 heavy (non-hydrogen) atoms. The molecule has 0 heterocycles. The van der Waals surface area contributed by atoms with Crippen molar-refractivity contribution in [3.63, 3.8) is 0 Å². The van der Waals surface area contributed by atoms with E-state index in [1.54, 1.807) is 6.92 Å². The fraction of sp³-hybridized carbons (Fsp3) is 0.929. The van der Waals surface area contributed by atoms with E-state index in [1.807, 2.05) is 0 Å². The molecule has 4 heteroatoms. The highest BCUT2D eigenvalue weighted by Gasteiger charge is 2.18. The molecule has 0 rings (SSSR count). The maximum Gasteiger partial charge on any atom is 0.308 e. The molecular formula is C14H29NO3. The lowest BCUT2D eigenvalue weighted by molar-refractivity contribution is -0.145. The number of carbonyl (C=O) groups excluding carboxylic acids is 1. The summed E-state index contributed by atoms with van der Waals surface area (Å²) in [7, 11) is 0. The monoisotopic (exact) mass is 259 g/mol. The van der Waals surface area contributed by atoms with Crippen LogP contribution in [0.4, 0.5) is 0 Å². The number of rotatable bonds is 10. The van der Waals surface area contributed by atoms with Crippen molar-refractivity contribution in [2.45, 2.75) is 65.5 Å². The molecule has 1 N–H and O–H groups in total. The van der Waals surface area contributed by atoms with Crippen molar-refractivity contribution in [2.24, 2.45) is 0 Å². The lowest BCUT2D eigenvalue weighted by atomic mass is 10.1. The zero-order chi connectivity index (χ0) is 14.0. The number of aliphatic hydroxyl groups is 1. The predicted octanol–water partition coefficient (Wildman–Crippen LogP) is 2.20. The van der Waals surface area contributed by atoms with E-state index in [9.17, 15) is 9.90 Å². The van der Waals surface area contributed by atoms with Gasteiger partial charge in [-0.05, 0) is 33.2 Å². The molecule has 0 aliphatic carbocycles. The molecule has 0 aromatic heterocycles. The van der Waals surface area contributed by atoms with Crippen LogP contribution in [-0.4, -0.2) is 47.8 Å². The molecule has 0 bridgehead atoms. The Morgan fingerprint density at radius 3 is 2.50 bits per heavy atom. The SMILES string of the molecule is CCCCN(CC(O)CC(=O)OCC)C(C)CC. The van der Waals surface area contributed by atoms with Crippen LogP contribution in [0, 0.1) is 0 Å². The molecule has 0 amide bonds. The molecule has 0 radical (unpaired) electrons. The van der Waals surface area contributed by atoms with Crippen molar-refractivity contribution in [3.8, 4) is 0 Å². The van der Waals surface area contributed by atoms with E-state index < -0.39 is 6.10 Å². The number of esters is 1. The second-order valence-electron chi connectivity index (χ2n) is 4.77. The first-order valence-electron chi connectivity index (χ1n) is 7.12. The van der Waals surface area contributed by atoms with Crippen molar-refractivity contribution in [1.82, 2.24) is 4.90 Å². The smallest absolute Gasteiger partial charge is 0.308 e. The van der Waals surface area contributed by atoms with Crippen LogP contribution in [0.25, 0.3) is 0 Å². The summed E-state index contributed by atoms with van der Waals surface area (Å²) in [5, 5.41) is 9.92. The van der Waals surface area contributed by atoms with Gasteiger partial charge in [0.25, 0.3) is 0 Å². The van der Waals surface area contributed by atoms with Crippen LogP contribution >= 0.6 is 0 Å². The van der Waals surface area contributed by atoms with Crippen LogP contribution in [0.15, 0.2) is 0 Å². The van der Waals surface area contributed by atoms with Crippen molar-refractivity contribution < 1.29 is 14.6 Å². The van der Waals surface area contributed by atoms with Gasteiger partial charge in [-0.3, -0.25) is 9.69 Å². The Bertz CT molecular complexity index is 221. The van der Waals surface area contributed by atoms with Crippen LogP contribution < -0.4 is 0 Å². The normalized spacial score (nSPS) is 14.6. The summed E-state index contributed by atoms with van der Waals surface area (Å²) < 4.78 is 4.84. The third kappa shape index (κ3) is 7.67. The van der Waals surface area contributed by atoms with Gasteiger partial charge in [-0.15, -0.1) is 0 Å². The average Bonchev–Trinajstić information content (AvgIpc) is 2.33. The standard InChI is InChI=1S/C14H29NO3/c1-5-8-9-15(12(4)6-2)11-13(16)10-14(17)18-7-3/h12-13,16H,5-11H2,1-4H3. The highest BCUT2D eigenvalue weighted by atomic mass is 16.5. The van der Waals surface area contributed by atoms with Crippen molar-refractivity contribution >= 4 is 5.97 Å². The highest BCUT2D eigenvalue weighted by molar-refractivity contribution is 5.69. The molecule has 0 aromatic carbocycles. The Labute approximate surface area is 111 Å². The first kappa shape index (κ1) is 17.4. The Kier molecular flexibility index (Phi) is 9.98. The van der Waals surface area contributed by atoms with E-state index in [4.69, 9.17) is 4.74 Å². The van der Waals surface area contributed by atoms with Crippen LogP contribution in [0.1, 0.15) is 53.4 Å². The molecule has 108 valence electrons. The summed E-state index contributed by atoms with van der Waals surface area (Å²) in [5.74, 6) is -0.315. The lowest BCUT2D eigenvalue weighted by Crippen LogP contribution is -2.40.